The van der Waals surface area contributed by atoms with Gasteiger partial charge in [-0.05, 0) is 31.7 Å². The van der Waals surface area contributed by atoms with Gasteiger partial charge in [0.1, 0.15) is 0 Å². The zero-order chi connectivity index (χ0) is 13.3. The summed E-state index contributed by atoms with van der Waals surface area (Å²) in [6.45, 7) is 4.25. The first-order chi connectivity index (χ1) is 8.50. The van der Waals surface area contributed by atoms with Crippen LogP contribution in [0.2, 0.25) is 0 Å². The lowest BCUT2D eigenvalue weighted by Crippen LogP contribution is -2.52. The van der Waals surface area contributed by atoms with Gasteiger partial charge in [-0.2, -0.15) is 11.8 Å². The van der Waals surface area contributed by atoms with E-state index < -0.39 is 5.41 Å². The van der Waals surface area contributed by atoms with E-state index >= 15 is 0 Å². The fourth-order valence-corrected chi connectivity index (χ4v) is 2.66. The Labute approximate surface area is 112 Å². The van der Waals surface area contributed by atoms with E-state index in [1.807, 2.05) is 38.3 Å². The third kappa shape index (κ3) is 1.94. The van der Waals surface area contributed by atoms with Crippen LogP contribution >= 0.6 is 11.8 Å². The van der Waals surface area contributed by atoms with E-state index in [2.05, 4.69) is 0 Å². The van der Waals surface area contributed by atoms with Crippen LogP contribution in [0, 0.1) is 0 Å². The minimum absolute atomic E-state index is 0.0970. The summed E-state index contributed by atoms with van der Waals surface area (Å²) in [4.78, 5) is 26.1. The lowest BCUT2D eigenvalue weighted by molar-refractivity contribution is -0.134. The Morgan fingerprint density at radius 1 is 1.22 bits per heavy atom. The minimum atomic E-state index is -0.622. The highest BCUT2D eigenvalue weighted by atomic mass is 32.2. The quantitative estimate of drug-likeness (QED) is 0.785. The van der Waals surface area contributed by atoms with Gasteiger partial charge in [0.2, 0.25) is 5.91 Å². The lowest BCUT2D eigenvalue weighted by atomic mass is 9.77. The van der Waals surface area contributed by atoms with Crippen molar-refractivity contribution in [2.45, 2.75) is 19.3 Å². The van der Waals surface area contributed by atoms with Crippen LogP contribution < -0.4 is 0 Å². The molecule has 0 spiro atoms. The first-order valence-corrected chi connectivity index (χ1v) is 7.34. The summed E-state index contributed by atoms with van der Waals surface area (Å²) >= 11 is 1.63. The summed E-state index contributed by atoms with van der Waals surface area (Å²) in [7, 11) is 0. The zero-order valence-electron chi connectivity index (χ0n) is 10.9. The van der Waals surface area contributed by atoms with Crippen LogP contribution in [0.3, 0.4) is 0 Å². The van der Waals surface area contributed by atoms with Crippen molar-refractivity contribution in [3.05, 3.63) is 35.4 Å². The van der Waals surface area contributed by atoms with Gasteiger partial charge < -0.3 is 0 Å². The number of carbonyl (C=O) groups is 2. The number of imide groups is 1. The summed E-state index contributed by atoms with van der Waals surface area (Å²) in [5, 5.41) is 0. The second kappa shape index (κ2) is 4.76. The van der Waals surface area contributed by atoms with Crippen LogP contribution in [0.25, 0.3) is 0 Å². The van der Waals surface area contributed by atoms with Gasteiger partial charge in [-0.15, -0.1) is 0 Å². The molecule has 1 aliphatic heterocycles. The number of benzene rings is 1. The van der Waals surface area contributed by atoms with E-state index in [9.17, 15) is 9.59 Å². The molecule has 2 amide bonds. The van der Waals surface area contributed by atoms with Crippen molar-refractivity contribution in [2.24, 2.45) is 0 Å². The van der Waals surface area contributed by atoms with Crippen LogP contribution in [0.1, 0.15) is 29.8 Å². The van der Waals surface area contributed by atoms with E-state index in [-0.39, 0.29) is 11.8 Å². The molecule has 18 heavy (non-hydrogen) atoms. The number of hydrogen-bond donors (Lipinski definition) is 0. The van der Waals surface area contributed by atoms with Gasteiger partial charge in [-0.25, -0.2) is 0 Å². The maximum absolute atomic E-state index is 12.4. The number of thioether (sulfide) groups is 1. The predicted octanol–water partition coefficient (Wildman–Crippen LogP) is 2.31. The van der Waals surface area contributed by atoms with Crippen LogP contribution in [-0.2, 0) is 10.2 Å². The molecule has 0 unspecified atom stereocenters. The molecule has 1 aromatic rings. The van der Waals surface area contributed by atoms with Crippen molar-refractivity contribution in [1.29, 1.82) is 0 Å². The van der Waals surface area contributed by atoms with E-state index in [4.69, 9.17) is 0 Å². The highest BCUT2D eigenvalue weighted by molar-refractivity contribution is 7.98. The smallest absolute Gasteiger partial charge is 0.260 e. The average Bonchev–Trinajstić information content (AvgIpc) is 2.37. The molecule has 2 rings (SSSR count). The molecule has 0 aliphatic carbocycles. The first kappa shape index (κ1) is 13.1. The molecule has 1 aromatic carbocycles. The third-order valence-corrected chi connectivity index (χ3v) is 3.97. The highest BCUT2D eigenvalue weighted by Crippen LogP contribution is 2.34. The maximum atomic E-state index is 12.4. The monoisotopic (exact) mass is 263 g/mol. The molecular weight excluding hydrogens is 246 g/mol. The Balaban J connectivity index is 2.47. The number of rotatable bonds is 3. The Bertz CT molecular complexity index is 496. The van der Waals surface area contributed by atoms with Gasteiger partial charge in [0.25, 0.3) is 5.91 Å². The van der Waals surface area contributed by atoms with Crippen molar-refractivity contribution < 1.29 is 9.59 Å². The SMILES string of the molecule is CSCCN1C(=O)c2ccccc2C(C)(C)C1=O. The molecule has 1 aliphatic rings. The molecule has 0 aromatic heterocycles. The Morgan fingerprint density at radius 2 is 1.89 bits per heavy atom. The van der Waals surface area contributed by atoms with E-state index in [0.29, 0.717) is 12.1 Å². The fraction of sp³-hybridized carbons (Fsp3) is 0.429. The number of amides is 2. The van der Waals surface area contributed by atoms with Crippen molar-refractivity contribution in [2.75, 3.05) is 18.6 Å². The summed E-state index contributed by atoms with van der Waals surface area (Å²) in [6, 6.07) is 7.39. The van der Waals surface area contributed by atoms with Crippen LogP contribution in [-0.4, -0.2) is 35.3 Å². The summed E-state index contributed by atoms with van der Waals surface area (Å²) in [6.07, 6.45) is 1.97. The number of hydrogen-bond acceptors (Lipinski definition) is 3. The molecule has 1 heterocycles. The molecule has 3 nitrogen and oxygen atoms in total. The van der Waals surface area contributed by atoms with Crippen molar-refractivity contribution in [3.8, 4) is 0 Å². The van der Waals surface area contributed by atoms with Crippen molar-refractivity contribution in [3.63, 3.8) is 0 Å². The second-order valence-corrected chi connectivity index (χ2v) is 5.91. The molecule has 0 saturated carbocycles. The predicted molar refractivity (Wildman–Crippen MR) is 73.9 cm³/mol. The van der Waals surface area contributed by atoms with E-state index in [0.717, 1.165) is 11.3 Å². The standard InChI is InChI=1S/C14H17NO2S/c1-14(2)11-7-5-4-6-10(11)12(16)15(13(14)17)8-9-18-3/h4-7H,8-9H2,1-3H3. The largest absolute Gasteiger partial charge is 0.277 e. The van der Waals surface area contributed by atoms with Crippen molar-refractivity contribution in [1.82, 2.24) is 4.90 Å². The van der Waals surface area contributed by atoms with Crippen molar-refractivity contribution >= 4 is 23.6 Å². The molecule has 0 N–H and O–H groups in total. The molecule has 0 atom stereocenters. The van der Waals surface area contributed by atoms with Crippen LogP contribution in [0.5, 0.6) is 0 Å². The molecule has 0 saturated heterocycles. The average molecular weight is 263 g/mol. The number of carbonyl (C=O) groups excluding carboxylic acids is 2. The first-order valence-electron chi connectivity index (χ1n) is 5.95. The normalized spacial score (nSPS) is 17.8. The topological polar surface area (TPSA) is 37.4 Å². The van der Waals surface area contributed by atoms with Gasteiger partial charge in [0, 0.05) is 17.9 Å². The van der Waals surface area contributed by atoms with Gasteiger partial charge >= 0.3 is 0 Å². The molecule has 4 heteroatoms. The Kier molecular flexibility index (Phi) is 3.48. The lowest BCUT2D eigenvalue weighted by Gasteiger charge is -2.37. The molecule has 0 bridgehead atoms. The number of nitrogens with zero attached hydrogens (tertiary/aromatic N) is 1. The molecule has 96 valence electrons. The Hall–Kier alpha value is -1.29. The van der Waals surface area contributed by atoms with Crippen LogP contribution in [0.4, 0.5) is 0 Å². The maximum Gasteiger partial charge on any atom is 0.260 e. The number of fused-ring (bicyclic) bond motifs is 1. The Morgan fingerprint density at radius 3 is 2.56 bits per heavy atom. The van der Waals surface area contributed by atoms with Gasteiger partial charge in [0.15, 0.2) is 0 Å². The minimum Gasteiger partial charge on any atom is -0.277 e. The summed E-state index contributed by atoms with van der Waals surface area (Å²) in [5.74, 6) is 0.514. The summed E-state index contributed by atoms with van der Waals surface area (Å²) in [5.41, 5.74) is 0.867. The van der Waals surface area contributed by atoms with Gasteiger partial charge in [0.05, 0.1) is 5.41 Å². The van der Waals surface area contributed by atoms with E-state index in [1.54, 1.807) is 17.8 Å². The molecular formula is C14H17NO2S. The summed E-state index contributed by atoms with van der Waals surface area (Å²) < 4.78 is 0. The third-order valence-electron chi connectivity index (χ3n) is 3.37. The van der Waals surface area contributed by atoms with Crippen LogP contribution in [0.15, 0.2) is 24.3 Å². The van der Waals surface area contributed by atoms with E-state index in [1.165, 1.54) is 4.90 Å². The zero-order valence-corrected chi connectivity index (χ0v) is 11.7. The highest BCUT2D eigenvalue weighted by Gasteiger charge is 2.43. The van der Waals surface area contributed by atoms with Gasteiger partial charge in [-0.1, -0.05) is 18.2 Å². The molecule has 0 radical (unpaired) electrons. The molecule has 0 fully saturated rings. The second-order valence-electron chi connectivity index (χ2n) is 4.93. The fourth-order valence-electron chi connectivity index (χ4n) is 2.29. The van der Waals surface area contributed by atoms with Gasteiger partial charge in [-0.3, -0.25) is 14.5 Å².